The van der Waals surface area contributed by atoms with E-state index in [4.69, 9.17) is 9.47 Å². The molecule has 0 aromatic rings. The fourth-order valence-electron chi connectivity index (χ4n) is 3.44. The molecule has 0 radical (unpaired) electrons. The number of rotatable bonds is 12. The monoisotopic (exact) mass is 368 g/mol. The first-order chi connectivity index (χ1) is 12.5. The van der Waals surface area contributed by atoms with Gasteiger partial charge in [-0.25, -0.2) is 0 Å². The normalized spacial score (nSPS) is 21.4. The lowest BCUT2D eigenvalue weighted by Gasteiger charge is -2.30. The predicted octanol–water partition coefficient (Wildman–Crippen LogP) is 5.67. The zero-order chi connectivity index (χ0) is 19.4. The predicted molar refractivity (Wildman–Crippen MR) is 105 cm³/mol. The number of esters is 2. The van der Waals surface area contributed by atoms with Crippen molar-refractivity contribution in [3.8, 4) is 0 Å². The van der Waals surface area contributed by atoms with Gasteiger partial charge in [0.15, 0.2) is 0 Å². The van der Waals surface area contributed by atoms with Gasteiger partial charge in [0.25, 0.3) is 0 Å². The molecule has 0 amide bonds. The van der Waals surface area contributed by atoms with E-state index >= 15 is 0 Å². The Labute approximate surface area is 160 Å². The maximum absolute atomic E-state index is 12.5. The van der Waals surface area contributed by atoms with Crippen LogP contribution in [-0.2, 0) is 19.1 Å². The van der Waals surface area contributed by atoms with E-state index in [0.29, 0.717) is 6.61 Å². The molecule has 0 aliphatic heterocycles. The van der Waals surface area contributed by atoms with Crippen molar-refractivity contribution in [2.45, 2.75) is 104 Å². The number of hydrogen-bond donors (Lipinski definition) is 0. The average Bonchev–Trinajstić information content (AvgIpc) is 2.63. The number of ether oxygens (including phenoxy) is 2. The van der Waals surface area contributed by atoms with Crippen molar-refractivity contribution < 1.29 is 19.1 Å². The van der Waals surface area contributed by atoms with E-state index < -0.39 is 0 Å². The third-order valence-electron chi connectivity index (χ3n) is 5.60. The summed E-state index contributed by atoms with van der Waals surface area (Å²) >= 11 is 0. The lowest BCUT2D eigenvalue weighted by molar-refractivity contribution is -0.167. The van der Waals surface area contributed by atoms with Crippen LogP contribution in [0.2, 0.25) is 0 Å². The maximum atomic E-state index is 12.5. The van der Waals surface area contributed by atoms with Crippen LogP contribution in [0.4, 0.5) is 0 Å². The van der Waals surface area contributed by atoms with E-state index in [2.05, 4.69) is 6.92 Å². The molecule has 1 fully saturated rings. The zero-order valence-electron chi connectivity index (χ0n) is 17.4. The first-order valence-corrected chi connectivity index (χ1v) is 10.8. The number of unbranched alkanes of at least 4 members (excludes halogenated alkanes) is 6. The highest BCUT2D eigenvalue weighted by Gasteiger charge is 2.38. The summed E-state index contributed by atoms with van der Waals surface area (Å²) in [5.41, 5.74) is 0. The van der Waals surface area contributed by atoms with Crippen LogP contribution in [0.1, 0.15) is 98.3 Å². The first-order valence-electron chi connectivity index (χ1n) is 10.8. The molecular weight excluding hydrogens is 328 g/mol. The summed E-state index contributed by atoms with van der Waals surface area (Å²) in [5, 5.41) is 0. The highest BCUT2D eigenvalue weighted by molar-refractivity contribution is 5.82. The van der Waals surface area contributed by atoms with Gasteiger partial charge in [-0.1, -0.05) is 72.1 Å². The summed E-state index contributed by atoms with van der Waals surface area (Å²) in [6.45, 7) is 8.68. The molecule has 1 aliphatic rings. The Morgan fingerprint density at radius 1 is 0.846 bits per heavy atom. The van der Waals surface area contributed by atoms with Crippen molar-refractivity contribution in [1.82, 2.24) is 0 Å². The molecule has 1 aliphatic carbocycles. The van der Waals surface area contributed by atoms with Gasteiger partial charge in [0.05, 0.1) is 18.4 Å². The minimum absolute atomic E-state index is 0.117. The van der Waals surface area contributed by atoms with Crippen LogP contribution in [0, 0.1) is 17.8 Å². The molecule has 0 saturated heterocycles. The van der Waals surface area contributed by atoms with Crippen LogP contribution in [0.5, 0.6) is 0 Å². The highest BCUT2D eigenvalue weighted by atomic mass is 16.5. The van der Waals surface area contributed by atoms with Crippen molar-refractivity contribution in [2.75, 3.05) is 6.61 Å². The molecule has 0 aromatic carbocycles. The average molecular weight is 369 g/mol. The molecular formula is C22H40O4. The van der Waals surface area contributed by atoms with Crippen molar-refractivity contribution in [3.63, 3.8) is 0 Å². The third kappa shape index (κ3) is 8.55. The van der Waals surface area contributed by atoms with E-state index in [-0.39, 0.29) is 35.8 Å². The van der Waals surface area contributed by atoms with Crippen LogP contribution in [0.15, 0.2) is 0 Å². The molecule has 1 saturated carbocycles. The first kappa shape index (κ1) is 23.0. The molecule has 4 heteroatoms. The molecule has 1 rings (SSSR count). The van der Waals surface area contributed by atoms with Gasteiger partial charge >= 0.3 is 11.9 Å². The van der Waals surface area contributed by atoms with Crippen molar-refractivity contribution in [3.05, 3.63) is 0 Å². The molecule has 0 spiro atoms. The van der Waals surface area contributed by atoms with Gasteiger partial charge in [0.1, 0.15) is 6.10 Å². The van der Waals surface area contributed by atoms with E-state index in [9.17, 15) is 9.59 Å². The van der Waals surface area contributed by atoms with Crippen molar-refractivity contribution >= 4 is 11.9 Å². The second kappa shape index (κ2) is 13.2. The molecule has 0 bridgehead atoms. The van der Waals surface area contributed by atoms with Crippen LogP contribution >= 0.6 is 0 Å². The van der Waals surface area contributed by atoms with Crippen LogP contribution in [0.25, 0.3) is 0 Å². The topological polar surface area (TPSA) is 52.6 Å². The van der Waals surface area contributed by atoms with Crippen molar-refractivity contribution in [1.29, 1.82) is 0 Å². The van der Waals surface area contributed by atoms with Gasteiger partial charge in [0, 0.05) is 0 Å². The van der Waals surface area contributed by atoms with Gasteiger partial charge in [-0.15, -0.1) is 0 Å². The summed E-state index contributed by atoms with van der Waals surface area (Å²) in [4.78, 5) is 25.0. The SMILES string of the molecule is CCCCCCCCCOC(=O)C1CCCCC1C(=O)OC(C)C(C)C. The summed E-state index contributed by atoms with van der Waals surface area (Å²) in [5.74, 6) is -0.782. The summed E-state index contributed by atoms with van der Waals surface area (Å²) in [6, 6.07) is 0. The third-order valence-corrected chi connectivity index (χ3v) is 5.60. The second-order valence-electron chi connectivity index (χ2n) is 8.17. The highest BCUT2D eigenvalue weighted by Crippen LogP contribution is 2.32. The molecule has 26 heavy (non-hydrogen) atoms. The fourth-order valence-corrected chi connectivity index (χ4v) is 3.44. The Morgan fingerprint density at radius 2 is 1.38 bits per heavy atom. The molecule has 0 N–H and O–H groups in total. The molecule has 0 aromatic heterocycles. The molecule has 3 unspecified atom stereocenters. The fraction of sp³-hybridized carbons (Fsp3) is 0.909. The van der Waals surface area contributed by atoms with Gasteiger partial charge in [-0.2, -0.15) is 0 Å². The Kier molecular flexibility index (Phi) is 11.6. The van der Waals surface area contributed by atoms with Gasteiger partial charge in [0.2, 0.25) is 0 Å². The molecule has 3 atom stereocenters. The van der Waals surface area contributed by atoms with Gasteiger partial charge in [-0.05, 0) is 32.1 Å². The zero-order valence-corrected chi connectivity index (χ0v) is 17.4. The minimum atomic E-state index is -0.327. The second-order valence-corrected chi connectivity index (χ2v) is 8.17. The standard InChI is InChI=1S/C22H40O4/c1-5-6-7-8-9-10-13-16-25-21(23)19-14-11-12-15-20(19)22(24)26-18(4)17(2)3/h17-20H,5-16H2,1-4H3. The van der Waals surface area contributed by atoms with E-state index in [1.54, 1.807) is 0 Å². The van der Waals surface area contributed by atoms with E-state index in [0.717, 1.165) is 38.5 Å². The Morgan fingerprint density at radius 3 is 1.96 bits per heavy atom. The summed E-state index contributed by atoms with van der Waals surface area (Å²) in [6.07, 6.45) is 11.7. The Balaban J connectivity index is 2.34. The molecule has 0 heterocycles. The quantitative estimate of drug-likeness (QED) is 0.329. The minimum Gasteiger partial charge on any atom is -0.465 e. The molecule has 152 valence electrons. The van der Waals surface area contributed by atoms with Crippen molar-refractivity contribution in [2.24, 2.45) is 17.8 Å². The molecule has 4 nitrogen and oxygen atoms in total. The number of carbonyl (C=O) groups excluding carboxylic acids is 2. The summed E-state index contributed by atoms with van der Waals surface area (Å²) < 4.78 is 11.1. The van der Waals surface area contributed by atoms with Crippen LogP contribution in [-0.4, -0.2) is 24.6 Å². The van der Waals surface area contributed by atoms with E-state index in [1.807, 2.05) is 20.8 Å². The Bertz CT molecular complexity index is 405. The van der Waals surface area contributed by atoms with Gasteiger partial charge in [-0.3, -0.25) is 9.59 Å². The number of hydrogen-bond acceptors (Lipinski definition) is 4. The van der Waals surface area contributed by atoms with Crippen LogP contribution < -0.4 is 0 Å². The lowest BCUT2D eigenvalue weighted by Crippen LogP contribution is -2.37. The number of carbonyl (C=O) groups is 2. The maximum Gasteiger partial charge on any atom is 0.310 e. The van der Waals surface area contributed by atoms with Gasteiger partial charge < -0.3 is 9.47 Å². The summed E-state index contributed by atoms with van der Waals surface area (Å²) in [7, 11) is 0. The smallest absolute Gasteiger partial charge is 0.310 e. The Hall–Kier alpha value is -1.06. The van der Waals surface area contributed by atoms with Crippen LogP contribution in [0.3, 0.4) is 0 Å². The largest absolute Gasteiger partial charge is 0.465 e. The lowest BCUT2D eigenvalue weighted by atomic mass is 9.79. The van der Waals surface area contributed by atoms with E-state index in [1.165, 1.54) is 32.1 Å².